The van der Waals surface area contributed by atoms with E-state index in [-0.39, 0.29) is 0 Å². The van der Waals surface area contributed by atoms with E-state index in [1.165, 1.54) is 37.7 Å². The monoisotopic (exact) mass is 218 g/mol. The Hall–Kier alpha value is -0.980. The summed E-state index contributed by atoms with van der Waals surface area (Å²) in [6.07, 6.45) is 7.88. The number of phenols is 1. The second-order valence-electron chi connectivity index (χ2n) is 5.30. The van der Waals surface area contributed by atoms with Crippen LogP contribution in [0.5, 0.6) is 5.75 Å². The van der Waals surface area contributed by atoms with Crippen LogP contribution in [0, 0.1) is 19.8 Å². The van der Waals surface area contributed by atoms with Gasteiger partial charge in [-0.1, -0.05) is 49.8 Å². The maximum atomic E-state index is 10.1. The maximum absolute atomic E-state index is 10.1. The molecule has 0 amide bonds. The van der Waals surface area contributed by atoms with E-state index in [0.29, 0.717) is 5.75 Å². The second kappa shape index (κ2) is 4.90. The number of hydrogen-bond acceptors (Lipinski definition) is 1. The molecule has 1 N–H and O–H groups in total. The Morgan fingerprint density at radius 1 is 1.12 bits per heavy atom. The lowest BCUT2D eigenvalue weighted by molar-refractivity contribution is 0.351. The molecule has 0 aliphatic heterocycles. The molecule has 0 aromatic heterocycles. The van der Waals surface area contributed by atoms with Gasteiger partial charge in [-0.2, -0.15) is 0 Å². The first-order valence-electron chi connectivity index (χ1n) is 6.46. The number of rotatable bonds is 2. The van der Waals surface area contributed by atoms with Crippen molar-refractivity contribution in [1.29, 1.82) is 0 Å². The normalized spacial score (nSPS) is 17.6. The van der Waals surface area contributed by atoms with Crippen molar-refractivity contribution < 1.29 is 5.11 Å². The van der Waals surface area contributed by atoms with Gasteiger partial charge in [0.2, 0.25) is 0 Å². The van der Waals surface area contributed by atoms with Crippen molar-refractivity contribution in [2.75, 3.05) is 0 Å². The number of phenolic OH excluding ortho intramolecular Hbond substituents is 1. The minimum Gasteiger partial charge on any atom is -0.507 e. The van der Waals surface area contributed by atoms with Gasteiger partial charge in [-0.3, -0.25) is 0 Å². The van der Waals surface area contributed by atoms with Crippen LogP contribution in [0.25, 0.3) is 0 Å². The molecular weight excluding hydrogens is 196 g/mol. The molecule has 1 saturated carbocycles. The summed E-state index contributed by atoms with van der Waals surface area (Å²) in [6.45, 7) is 4.10. The van der Waals surface area contributed by atoms with Crippen molar-refractivity contribution >= 4 is 0 Å². The van der Waals surface area contributed by atoms with Crippen LogP contribution in [0.1, 0.15) is 48.8 Å². The molecule has 0 saturated heterocycles. The highest BCUT2D eigenvalue weighted by Crippen LogP contribution is 2.31. The third-order valence-electron chi connectivity index (χ3n) is 3.76. The zero-order chi connectivity index (χ0) is 11.5. The van der Waals surface area contributed by atoms with Gasteiger partial charge in [0.1, 0.15) is 5.75 Å². The molecular formula is C15H22O. The van der Waals surface area contributed by atoms with Gasteiger partial charge >= 0.3 is 0 Å². The van der Waals surface area contributed by atoms with Crippen LogP contribution in [-0.4, -0.2) is 5.11 Å². The number of hydrogen-bond donors (Lipinski definition) is 1. The number of benzene rings is 1. The Morgan fingerprint density at radius 3 is 2.50 bits per heavy atom. The zero-order valence-corrected chi connectivity index (χ0v) is 10.4. The van der Waals surface area contributed by atoms with Gasteiger partial charge in [0.25, 0.3) is 0 Å². The molecule has 1 fully saturated rings. The molecule has 1 heteroatoms. The number of aromatic hydroxyl groups is 1. The van der Waals surface area contributed by atoms with Gasteiger partial charge in [0.15, 0.2) is 0 Å². The smallest absolute Gasteiger partial charge is 0.121 e. The fourth-order valence-corrected chi connectivity index (χ4v) is 2.91. The largest absolute Gasteiger partial charge is 0.507 e. The summed E-state index contributed by atoms with van der Waals surface area (Å²) in [4.78, 5) is 0. The quantitative estimate of drug-likeness (QED) is 0.791. The molecule has 1 aliphatic carbocycles. The second-order valence-corrected chi connectivity index (χ2v) is 5.30. The standard InChI is InChI=1S/C15H22O/c1-11-8-12(2)15(16)14(9-11)10-13-6-4-3-5-7-13/h8-9,13,16H,3-7,10H2,1-2H3. The summed E-state index contributed by atoms with van der Waals surface area (Å²) in [5.74, 6) is 1.32. The van der Waals surface area contributed by atoms with Gasteiger partial charge in [-0.25, -0.2) is 0 Å². The van der Waals surface area contributed by atoms with Crippen molar-refractivity contribution in [2.24, 2.45) is 5.92 Å². The molecule has 16 heavy (non-hydrogen) atoms. The van der Waals surface area contributed by atoms with Crippen molar-refractivity contribution in [2.45, 2.75) is 52.4 Å². The third kappa shape index (κ3) is 2.58. The zero-order valence-electron chi connectivity index (χ0n) is 10.4. The van der Waals surface area contributed by atoms with Crippen LogP contribution >= 0.6 is 0 Å². The van der Waals surface area contributed by atoms with Crippen LogP contribution in [0.15, 0.2) is 12.1 Å². The Balaban J connectivity index is 2.13. The van der Waals surface area contributed by atoms with E-state index in [9.17, 15) is 5.11 Å². The lowest BCUT2D eigenvalue weighted by Crippen LogP contribution is -2.09. The topological polar surface area (TPSA) is 20.2 Å². The molecule has 1 nitrogen and oxygen atoms in total. The summed E-state index contributed by atoms with van der Waals surface area (Å²) in [6, 6.07) is 4.21. The first-order chi connectivity index (χ1) is 7.66. The van der Waals surface area contributed by atoms with E-state index in [1.54, 1.807) is 0 Å². The third-order valence-corrected chi connectivity index (χ3v) is 3.76. The molecule has 1 aliphatic rings. The lowest BCUT2D eigenvalue weighted by atomic mass is 9.84. The van der Waals surface area contributed by atoms with Gasteiger partial charge in [-0.05, 0) is 37.3 Å². The maximum Gasteiger partial charge on any atom is 0.121 e. The number of aryl methyl sites for hydroxylation is 2. The van der Waals surface area contributed by atoms with Crippen LogP contribution in [0.4, 0.5) is 0 Å². The molecule has 2 rings (SSSR count). The molecule has 0 heterocycles. The van der Waals surface area contributed by atoms with Crippen molar-refractivity contribution in [3.63, 3.8) is 0 Å². The SMILES string of the molecule is Cc1cc(C)c(O)c(CC2CCCCC2)c1. The van der Waals surface area contributed by atoms with Gasteiger partial charge in [-0.15, -0.1) is 0 Å². The highest BCUT2D eigenvalue weighted by molar-refractivity contribution is 5.42. The minimum absolute atomic E-state index is 0.524. The van der Waals surface area contributed by atoms with Crippen LogP contribution in [0.2, 0.25) is 0 Å². The van der Waals surface area contributed by atoms with E-state index < -0.39 is 0 Å². The summed E-state index contributed by atoms with van der Waals surface area (Å²) >= 11 is 0. The Labute approximate surface area is 98.5 Å². The average Bonchev–Trinajstić information content (AvgIpc) is 2.27. The van der Waals surface area contributed by atoms with E-state index in [4.69, 9.17) is 0 Å². The van der Waals surface area contributed by atoms with Gasteiger partial charge in [0, 0.05) is 0 Å². The minimum atomic E-state index is 0.524. The summed E-state index contributed by atoms with van der Waals surface area (Å²) in [5.41, 5.74) is 3.44. The Morgan fingerprint density at radius 2 is 1.81 bits per heavy atom. The fourth-order valence-electron chi connectivity index (χ4n) is 2.91. The molecule has 0 spiro atoms. The highest BCUT2D eigenvalue weighted by atomic mass is 16.3. The van der Waals surface area contributed by atoms with Crippen LogP contribution in [-0.2, 0) is 6.42 Å². The molecule has 1 aromatic carbocycles. The predicted molar refractivity (Wildman–Crippen MR) is 67.9 cm³/mol. The Bertz CT molecular complexity index is 362. The summed E-state index contributed by atoms with van der Waals surface area (Å²) < 4.78 is 0. The van der Waals surface area contributed by atoms with Crippen molar-refractivity contribution in [3.8, 4) is 5.75 Å². The van der Waals surface area contributed by atoms with Gasteiger partial charge < -0.3 is 5.11 Å². The first-order valence-corrected chi connectivity index (χ1v) is 6.46. The van der Waals surface area contributed by atoms with Crippen LogP contribution in [0.3, 0.4) is 0 Å². The predicted octanol–water partition coefficient (Wildman–Crippen LogP) is 4.13. The van der Waals surface area contributed by atoms with E-state index in [2.05, 4.69) is 19.1 Å². The molecule has 0 unspecified atom stereocenters. The first kappa shape index (κ1) is 11.5. The van der Waals surface area contributed by atoms with E-state index >= 15 is 0 Å². The molecule has 88 valence electrons. The van der Waals surface area contributed by atoms with E-state index in [1.807, 2.05) is 6.92 Å². The average molecular weight is 218 g/mol. The van der Waals surface area contributed by atoms with Crippen LogP contribution < -0.4 is 0 Å². The van der Waals surface area contributed by atoms with E-state index in [0.717, 1.165) is 23.5 Å². The van der Waals surface area contributed by atoms with Gasteiger partial charge in [0.05, 0.1) is 0 Å². The molecule has 0 atom stereocenters. The molecule has 0 radical (unpaired) electrons. The fraction of sp³-hybridized carbons (Fsp3) is 0.600. The lowest BCUT2D eigenvalue weighted by Gasteiger charge is -2.22. The summed E-state index contributed by atoms with van der Waals surface area (Å²) in [5, 5.41) is 10.1. The molecule has 1 aromatic rings. The summed E-state index contributed by atoms with van der Waals surface area (Å²) in [7, 11) is 0. The highest BCUT2D eigenvalue weighted by Gasteiger charge is 2.16. The van der Waals surface area contributed by atoms with Crippen molar-refractivity contribution in [1.82, 2.24) is 0 Å². The molecule has 0 bridgehead atoms. The Kier molecular flexibility index (Phi) is 3.52. The van der Waals surface area contributed by atoms with Crippen molar-refractivity contribution in [3.05, 3.63) is 28.8 Å².